The largest absolute Gasteiger partial charge is 0.477 e. The van der Waals surface area contributed by atoms with Crippen LogP contribution in [0.3, 0.4) is 0 Å². The number of rotatable bonds is 8. The van der Waals surface area contributed by atoms with Gasteiger partial charge in [-0.25, -0.2) is 19.1 Å². The van der Waals surface area contributed by atoms with Crippen LogP contribution in [0.1, 0.15) is 27.6 Å². The molecule has 0 spiro atoms. The molecule has 4 heterocycles. The van der Waals surface area contributed by atoms with Crippen LogP contribution in [0.15, 0.2) is 95.4 Å². The quantitative estimate of drug-likeness (QED) is 0.140. The first-order valence-electron chi connectivity index (χ1n) is 12.4. The zero-order valence-corrected chi connectivity index (χ0v) is 22.5. The molecule has 1 unspecified atom stereocenters. The Morgan fingerprint density at radius 2 is 1.77 bits per heavy atom. The molecule has 202 valence electrons. The fraction of sp³-hybridized carbons (Fsp3) is 0.179. The van der Waals surface area contributed by atoms with E-state index in [1.165, 1.54) is 45.3 Å². The first-order valence-corrected chi connectivity index (χ1v) is 14.4. The zero-order valence-electron chi connectivity index (χ0n) is 20.9. The number of hydrogen-bond donors (Lipinski definition) is 2. The van der Waals surface area contributed by atoms with Crippen molar-refractivity contribution in [3.8, 4) is 0 Å². The molecule has 3 N–H and O–H groups in total. The van der Waals surface area contributed by atoms with Crippen LogP contribution in [0.25, 0.3) is 5.65 Å². The van der Waals surface area contributed by atoms with E-state index in [1.54, 1.807) is 6.07 Å². The molecule has 2 aromatic carbocycles. The number of ether oxygens (including phenoxy) is 1. The number of nitrogens with two attached hydrogens (primary N) is 1. The van der Waals surface area contributed by atoms with E-state index in [9.17, 15) is 19.5 Å². The molecule has 1 amide bonds. The molecule has 0 radical (unpaired) electrons. The van der Waals surface area contributed by atoms with Crippen molar-refractivity contribution in [2.75, 3.05) is 11.5 Å². The van der Waals surface area contributed by atoms with Gasteiger partial charge < -0.3 is 15.6 Å². The summed E-state index contributed by atoms with van der Waals surface area (Å²) in [6.07, 6.45) is 2.10. The molecule has 12 heteroatoms. The van der Waals surface area contributed by atoms with Gasteiger partial charge in [0.05, 0.1) is 6.20 Å². The van der Waals surface area contributed by atoms with Gasteiger partial charge in [0.25, 0.3) is 0 Å². The number of nitrogens with zero attached hydrogens (tertiary/aromatic N) is 4. The van der Waals surface area contributed by atoms with Crippen LogP contribution in [0.4, 0.5) is 0 Å². The molecule has 2 aromatic heterocycles. The van der Waals surface area contributed by atoms with Gasteiger partial charge >= 0.3 is 11.9 Å². The highest BCUT2D eigenvalue weighted by molar-refractivity contribution is 8.01. The fourth-order valence-electron chi connectivity index (χ4n) is 4.72. The van der Waals surface area contributed by atoms with Gasteiger partial charge in [-0.3, -0.25) is 9.69 Å². The van der Waals surface area contributed by atoms with E-state index in [0.717, 1.165) is 11.1 Å². The summed E-state index contributed by atoms with van der Waals surface area (Å²) in [4.78, 5) is 43.9. The number of fused-ring (bicyclic) bond motifs is 2. The maximum absolute atomic E-state index is 13.9. The summed E-state index contributed by atoms with van der Waals surface area (Å²) in [5.74, 6) is -1.23. The maximum Gasteiger partial charge on any atom is 0.356 e. The summed E-state index contributed by atoms with van der Waals surface area (Å²) in [6.45, 7) is 0. The summed E-state index contributed by atoms with van der Waals surface area (Å²) < 4.78 is 7.59. The van der Waals surface area contributed by atoms with Gasteiger partial charge in [-0.15, -0.1) is 23.5 Å². The number of aromatic carboxylic acids is 1. The number of amides is 1. The summed E-state index contributed by atoms with van der Waals surface area (Å²) in [5, 5.41) is 13.9. The van der Waals surface area contributed by atoms with Crippen molar-refractivity contribution >= 4 is 47.0 Å². The Balaban J connectivity index is 1.34. The Morgan fingerprint density at radius 3 is 2.42 bits per heavy atom. The third-order valence-corrected chi connectivity index (χ3v) is 9.16. The molecule has 6 rings (SSSR count). The van der Waals surface area contributed by atoms with Gasteiger partial charge in [-0.1, -0.05) is 60.7 Å². The molecule has 2 aliphatic heterocycles. The van der Waals surface area contributed by atoms with E-state index in [1.807, 2.05) is 60.7 Å². The van der Waals surface area contributed by atoms with Gasteiger partial charge in [-0.05, 0) is 22.8 Å². The Hall–Kier alpha value is -4.13. The lowest BCUT2D eigenvalue weighted by molar-refractivity contribution is -0.153. The van der Waals surface area contributed by atoms with E-state index >= 15 is 0 Å². The van der Waals surface area contributed by atoms with Crippen molar-refractivity contribution in [1.29, 1.82) is 0 Å². The number of aromatic nitrogens is 3. The first kappa shape index (κ1) is 26.1. The number of β-lactam (4-membered cyclic amide) rings is 1. The topological polar surface area (TPSA) is 140 Å². The van der Waals surface area contributed by atoms with Crippen molar-refractivity contribution in [1.82, 2.24) is 19.5 Å². The molecule has 0 bridgehead atoms. The van der Waals surface area contributed by atoms with Gasteiger partial charge in [-0.2, -0.15) is 5.10 Å². The van der Waals surface area contributed by atoms with E-state index < -0.39 is 24.1 Å². The molecule has 4 aromatic rings. The van der Waals surface area contributed by atoms with Gasteiger partial charge in [0, 0.05) is 17.7 Å². The van der Waals surface area contributed by atoms with Crippen LogP contribution in [0.2, 0.25) is 0 Å². The van der Waals surface area contributed by atoms with E-state index in [4.69, 9.17) is 10.5 Å². The smallest absolute Gasteiger partial charge is 0.356 e. The average Bonchev–Trinajstić information content (AvgIpc) is 3.44. The molecule has 0 aliphatic carbocycles. The van der Waals surface area contributed by atoms with E-state index in [-0.39, 0.29) is 28.2 Å². The van der Waals surface area contributed by atoms with Gasteiger partial charge in [0.2, 0.25) is 5.91 Å². The zero-order chi connectivity index (χ0) is 27.8. The second-order valence-corrected chi connectivity index (χ2v) is 11.3. The van der Waals surface area contributed by atoms with Crippen molar-refractivity contribution < 1.29 is 24.2 Å². The number of hydrogen-bond acceptors (Lipinski definition) is 9. The van der Waals surface area contributed by atoms with Crippen LogP contribution >= 0.6 is 23.5 Å². The number of carboxylic acids is 1. The van der Waals surface area contributed by atoms with Crippen LogP contribution < -0.4 is 5.73 Å². The number of carbonyl (C=O) groups excluding carboxylic acids is 2. The SMILES string of the molecule is NC1C(=O)N2C(C(=O)OC(c3ccccc3)c3ccccc3)=C(CSc3ccnc4c(C(=O)O)cnn34)CS[C@@H]12. The molecular weight excluding hydrogens is 550 g/mol. The van der Waals surface area contributed by atoms with Crippen molar-refractivity contribution in [3.63, 3.8) is 0 Å². The minimum Gasteiger partial charge on any atom is -0.477 e. The molecular formula is C28H23N5O5S2. The van der Waals surface area contributed by atoms with Crippen molar-refractivity contribution in [2.45, 2.75) is 22.5 Å². The lowest BCUT2D eigenvalue weighted by Gasteiger charge is -2.48. The minimum atomic E-state index is -1.12. The van der Waals surface area contributed by atoms with Crippen LogP contribution in [-0.2, 0) is 14.3 Å². The van der Waals surface area contributed by atoms with Crippen LogP contribution in [-0.4, -0.2) is 65.4 Å². The van der Waals surface area contributed by atoms with Crippen molar-refractivity contribution in [2.24, 2.45) is 5.73 Å². The molecule has 0 saturated carbocycles. The lowest BCUT2D eigenvalue weighted by atomic mass is 10.0. The summed E-state index contributed by atoms with van der Waals surface area (Å²) in [7, 11) is 0. The second-order valence-electron chi connectivity index (χ2n) is 9.17. The standard InChI is InChI=1S/C28H23N5O5S2/c29-21-25(34)32-22(28(37)38-23(16-7-3-1-4-8-16)17-9-5-2-6-10-17)18(15-40-26(21)32)14-39-20-11-12-30-24-19(27(35)36)13-31-33(20)24/h1-13,21,23,26H,14-15,29H2,(H,35,36)/t21?,26-/m0/s1. The fourth-order valence-corrected chi connectivity index (χ4v) is 7.11. The van der Waals surface area contributed by atoms with E-state index in [2.05, 4.69) is 10.1 Å². The van der Waals surface area contributed by atoms with Gasteiger partial charge in [0.15, 0.2) is 11.8 Å². The summed E-state index contributed by atoms with van der Waals surface area (Å²) in [6, 6.07) is 19.9. The Morgan fingerprint density at radius 1 is 1.10 bits per heavy atom. The molecule has 1 fully saturated rings. The second kappa shape index (κ2) is 10.8. The monoisotopic (exact) mass is 573 g/mol. The highest BCUT2D eigenvalue weighted by atomic mass is 32.2. The third kappa shape index (κ3) is 4.63. The molecule has 10 nitrogen and oxygen atoms in total. The average molecular weight is 574 g/mol. The number of esters is 1. The summed E-state index contributed by atoms with van der Waals surface area (Å²) in [5.41, 5.74) is 8.81. The van der Waals surface area contributed by atoms with E-state index in [0.29, 0.717) is 22.1 Å². The Labute approximate surface area is 237 Å². The number of benzene rings is 2. The van der Waals surface area contributed by atoms with Gasteiger partial charge in [0.1, 0.15) is 27.7 Å². The lowest BCUT2D eigenvalue weighted by Crippen LogP contribution is -2.68. The minimum absolute atomic E-state index is 0.00461. The molecule has 1 saturated heterocycles. The predicted molar refractivity (Wildman–Crippen MR) is 150 cm³/mol. The molecule has 2 atom stereocenters. The maximum atomic E-state index is 13.9. The Kier molecular flexibility index (Phi) is 7.05. The molecule has 40 heavy (non-hydrogen) atoms. The normalized spacial score (nSPS) is 18.6. The predicted octanol–water partition coefficient (Wildman–Crippen LogP) is 3.35. The van der Waals surface area contributed by atoms with Crippen molar-refractivity contribution in [3.05, 3.63) is 107 Å². The molecule has 2 aliphatic rings. The van der Waals surface area contributed by atoms with Crippen LogP contribution in [0.5, 0.6) is 0 Å². The van der Waals surface area contributed by atoms with Crippen LogP contribution in [0, 0.1) is 0 Å². The number of thioether (sulfide) groups is 2. The highest BCUT2D eigenvalue weighted by Gasteiger charge is 2.52. The third-order valence-electron chi connectivity index (χ3n) is 6.70. The number of carboxylic acid groups (broad SMARTS) is 1. The Bertz CT molecular complexity index is 1600. The highest BCUT2D eigenvalue weighted by Crippen LogP contribution is 2.42. The summed E-state index contributed by atoms with van der Waals surface area (Å²) >= 11 is 2.86. The first-order chi connectivity index (χ1) is 19.4. The number of carbonyl (C=O) groups is 3.